The van der Waals surface area contributed by atoms with Crippen LogP contribution in [0.25, 0.3) is 5.57 Å². The number of imidazole rings is 1. The first-order valence-electron chi connectivity index (χ1n) is 8.21. The molecule has 1 atom stereocenters. The number of nitrogens with zero attached hydrogens (tertiary/aromatic N) is 4. The summed E-state index contributed by atoms with van der Waals surface area (Å²) < 4.78 is 4.50. The molecule has 118 valence electrons. The van der Waals surface area contributed by atoms with Crippen LogP contribution in [-0.2, 0) is 20.0 Å². The van der Waals surface area contributed by atoms with Gasteiger partial charge in [-0.25, -0.2) is 4.98 Å². The predicted molar refractivity (Wildman–Crippen MR) is 90.6 cm³/mol. The summed E-state index contributed by atoms with van der Waals surface area (Å²) in [5, 5.41) is 0. The monoisotopic (exact) mass is 298 g/mol. The second-order valence-electron chi connectivity index (χ2n) is 6.34. The third kappa shape index (κ3) is 3.17. The molecule has 2 aromatic heterocycles. The van der Waals surface area contributed by atoms with Crippen LogP contribution in [-0.4, -0.2) is 38.7 Å². The summed E-state index contributed by atoms with van der Waals surface area (Å²) in [4.78, 5) is 6.83. The molecule has 0 spiro atoms. The molecular weight excluding hydrogens is 272 g/mol. The maximum atomic E-state index is 4.27. The molecule has 3 heterocycles. The van der Waals surface area contributed by atoms with E-state index in [1.165, 1.54) is 17.0 Å². The minimum Gasteiger partial charge on any atom is -0.351 e. The Morgan fingerprint density at radius 3 is 2.91 bits per heavy atom. The molecule has 22 heavy (non-hydrogen) atoms. The zero-order valence-corrected chi connectivity index (χ0v) is 13.9. The third-order valence-electron chi connectivity index (χ3n) is 4.52. The van der Waals surface area contributed by atoms with Gasteiger partial charge in [0.1, 0.15) is 0 Å². The Morgan fingerprint density at radius 2 is 2.18 bits per heavy atom. The normalized spacial score (nSPS) is 19.4. The van der Waals surface area contributed by atoms with Crippen molar-refractivity contribution in [2.75, 3.05) is 19.6 Å². The van der Waals surface area contributed by atoms with Gasteiger partial charge in [-0.2, -0.15) is 0 Å². The first-order valence-corrected chi connectivity index (χ1v) is 8.21. The molecule has 4 nitrogen and oxygen atoms in total. The van der Waals surface area contributed by atoms with E-state index >= 15 is 0 Å². The van der Waals surface area contributed by atoms with Crippen molar-refractivity contribution in [1.29, 1.82) is 0 Å². The van der Waals surface area contributed by atoms with Crippen LogP contribution in [0.4, 0.5) is 0 Å². The highest BCUT2D eigenvalue weighted by atomic mass is 15.2. The van der Waals surface area contributed by atoms with E-state index in [1.54, 1.807) is 0 Å². The summed E-state index contributed by atoms with van der Waals surface area (Å²) in [5.41, 5.74) is 4.12. The van der Waals surface area contributed by atoms with Crippen LogP contribution in [0, 0.1) is 5.92 Å². The van der Waals surface area contributed by atoms with E-state index in [2.05, 4.69) is 64.3 Å². The summed E-state index contributed by atoms with van der Waals surface area (Å²) in [6.45, 7) is 8.78. The molecule has 0 aromatic carbocycles. The Morgan fingerprint density at radius 1 is 1.32 bits per heavy atom. The molecule has 0 fully saturated rings. The number of aromatic nitrogens is 3. The number of aryl methyl sites for hydroxylation is 2. The quantitative estimate of drug-likeness (QED) is 0.848. The Hall–Kier alpha value is -1.81. The van der Waals surface area contributed by atoms with Crippen molar-refractivity contribution in [2.45, 2.75) is 26.8 Å². The van der Waals surface area contributed by atoms with Gasteiger partial charge in [-0.15, -0.1) is 0 Å². The molecule has 1 aliphatic rings. The lowest BCUT2D eigenvalue weighted by Gasteiger charge is -2.31. The van der Waals surface area contributed by atoms with Crippen molar-refractivity contribution in [3.8, 4) is 0 Å². The molecule has 0 saturated carbocycles. The Bertz CT molecular complexity index is 650. The lowest BCUT2D eigenvalue weighted by molar-refractivity contribution is 0.260. The summed E-state index contributed by atoms with van der Waals surface area (Å²) in [7, 11) is 2.12. The topological polar surface area (TPSA) is 26.0 Å². The average Bonchev–Trinajstić information content (AvgIpc) is 3.12. The largest absolute Gasteiger partial charge is 0.351 e. The average molecular weight is 298 g/mol. The molecule has 2 aromatic rings. The van der Waals surface area contributed by atoms with E-state index in [0.717, 1.165) is 32.6 Å². The summed E-state index contributed by atoms with van der Waals surface area (Å²) in [5.74, 6) is 0.604. The standard InChI is InChI=1S/C18H26N4/c1-4-17-11-19-14-22(17)9-8-21-12-15(2)10-16(13-21)18-6-5-7-20(18)3/h5-7,10-11,14-15H,4,8-9,12-13H2,1-3H3. The summed E-state index contributed by atoms with van der Waals surface area (Å²) in [6.07, 6.45) is 9.54. The number of rotatable bonds is 5. The van der Waals surface area contributed by atoms with Crippen LogP contribution in [0.15, 0.2) is 36.9 Å². The molecular formula is C18H26N4. The third-order valence-corrected chi connectivity index (χ3v) is 4.52. The minimum atomic E-state index is 0.604. The molecule has 4 heteroatoms. The maximum absolute atomic E-state index is 4.27. The SMILES string of the molecule is CCc1cncn1CCN1CC(c2cccn2C)=CC(C)C1. The summed E-state index contributed by atoms with van der Waals surface area (Å²) >= 11 is 0. The first kappa shape index (κ1) is 15.1. The first-order chi connectivity index (χ1) is 10.7. The fraction of sp³-hybridized carbons (Fsp3) is 0.500. The zero-order valence-electron chi connectivity index (χ0n) is 13.9. The number of hydrogen-bond donors (Lipinski definition) is 0. The van der Waals surface area contributed by atoms with Crippen LogP contribution < -0.4 is 0 Å². The van der Waals surface area contributed by atoms with Gasteiger partial charge in [-0.3, -0.25) is 4.90 Å². The van der Waals surface area contributed by atoms with E-state index in [-0.39, 0.29) is 0 Å². The van der Waals surface area contributed by atoms with E-state index in [0.29, 0.717) is 5.92 Å². The second-order valence-corrected chi connectivity index (χ2v) is 6.34. The van der Waals surface area contributed by atoms with Crippen molar-refractivity contribution in [1.82, 2.24) is 19.0 Å². The molecule has 0 aliphatic carbocycles. The lowest BCUT2D eigenvalue weighted by atomic mass is 9.99. The van der Waals surface area contributed by atoms with Crippen molar-refractivity contribution >= 4 is 5.57 Å². The van der Waals surface area contributed by atoms with Crippen molar-refractivity contribution in [3.63, 3.8) is 0 Å². The van der Waals surface area contributed by atoms with Crippen LogP contribution in [0.3, 0.4) is 0 Å². The van der Waals surface area contributed by atoms with Gasteiger partial charge in [0.2, 0.25) is 0 Å². The fourth-order valence-electron chi connectivity index (χ4n) is 3.39. The van der Waals surface area contributed by atoms with Crippen molar-refractivity contribution < 1.29 is 0 Å². The van der Waals surface area contributed by atoms with Gasteiger partial charge < -0.3 is 9.13 Å². The highest BCUT2D eigenvalue weighted by molar-refractivity contribution is 5.65. The van der Waals surface area contributed by atoms with Crippen LogP contribution in [0.1, 0.15) is 25.2 Å². The van der Waals surface area contributed by atoms with E-state index in [4.69, 9.17) is 0 Å². The van der Waals surface area contributed by atoms with Gasteiger partial charge in [-0.05, 0) is 30.0 Å². The molecule has 0 N–H and O–H groups in total. The van der Waals surface area contributed by atoms with Gasteiger partial charge in [-0.1, -0.05) is 19.9 Å². The highest BCUT2D eigenvalue weighted by Gasteiger charge is 2.19. The van der Waals surface area contributed by atoms with Crippen LogP contribution in [0.2, 0.25) is 0 Å². The zero-order chi connectivity index (χ0) is 15.5. The van der Waals surface area contributed by atoms with Gasteiger partial charge >= 0.3 is 0 Å². The molecule has 1 aliphatic heterocycles. The molecule has 0 bridgehead atoms. The van der Waals surface area contributed by atoms with Crippen molar-refractivity contribution in [3.05, 3.63) is 48.3 Å². The van der Waals surface area contributed by atoms with Crippen LogP contribution in [0.5, 0.6) is 0 Å². The molecule has 0 radical (unpaired) electrons. The van der Waals surface area contributed by atoms with Crippen LogP contribution >= 0.6 is 0 Å². The molecule has 3 rings (SSSR count). The fourth-order valence-corrected chi connectivity index (χ4v) is 3.39. The molecule has 1 unspecified atom stereocenters. The lowest BCUT2D eigenvalue weighted by Crippen LogP contribution is -2.36. The predicted octanol–water partition coefficient (Wildman–Crippen LogP) is 2.82. The number of hydrogen-bond acceptors (Lipinski definition) is 2. The van der Waals surface area contributed by atoms with Gasteiger partial charge in [0.25, 0.3) is 0 Å². The summed E-state index contributed by atoms with van der Waals surface area (Å²) in [6, 6.07) is 4.34. The minimum absolute atomic E-state index is 0.604. The second kappa shape index (κ2) is 6.53. The highest BCUT2D eigenvalue weighted by Crippen LogP contribution is 2.23. The van der Waals surface area contributed by atoms with E-state index < -0.39 is 0 Å². The molecule has 0 amide bonds. The Kier molecular flexibility index (Phi) is 4.48. The van der Waals surface area contributed by atoms with E-state index in [9.17, 15) is 0 Å². The Balaban J connectivity index is 1.66. The molecule has 0 saturated heterocycles. The smallest absolute Gasteiger partial charge is 0.0948 e. The van der Waals surface area contributed by atoms with Gasteiger partial charge in [0, 0.05) is 57.0 Å². The van der Waals surface area contributed by atoms with Gasteiger partial charge in [0.05, 0.1) is 6.33 Å². The van der Waals surface area contributed by atoms with Gasteiger partial charge in [0.15, 0.2) is 0 Å². The maximum Gasteiger partial charge on any atom is 0.0948 e. The van der Waals surface area contributed by atoms with Crippen molar-refractivity contribution in [2.24, 2.45) is 13.0 Å². The van der Waals surface area contributed by atoms with E-state index in [1.807, 2.05) is 12.5 Å². The Labute approximate surface area is 133 Å².